The molecule has 4 aromatic carbocycles. The third kappa shape index (κ3) is 9.78. The molecule has 1 aliphatic carbocycles. The van der Waals surface area contributed by atoms with Crippen LogP contribution < -0.4 is 4.90 Å². The zero-order valence-electron chi connectivity index (χ0n) is 38.5. The highest BCUT2D eigenvalue weighted by molar-refractivity contribution is 7.94. The van der Waals surface area contributed by atoms with E-state index in [1.807, 2.05) is 49.3 Å². The van der Waals surface area contributed by atoms with Crippen LogP contribution in [0.2, 0.25) is 0 Å². The Bertz CT molecular complexity index is 3550. The first-order valence-corrected chi connectivity index (χ1v) is 29.5. The summed E-state index contributed by atoms with van der Waals surface area (Å²) in [6.07, 6.45) is 9.67. The van der Waals surface area contributed by atoms with Crippen molar-refractivity contribution in [2.45, 2.75) is 105 Å². The van der Waals surface area contributed by atoms with E-state index in [0.717, 1.165) is 17.4 Å². The Morgan fingerprint density at radius 1 is 0.662 bits per heavy atom. The third-order valence-corrected chi connectivity index (χ3v) is 19.0. The fraction of sp³-hybridized carbons (Fsp3) is 0.383. The molecule has 2 unspecified atom stereocenters. The van der Waals surface area contributed by atoms with Gasteiger partial charge in [0.1, 0.15) is 0 Å². The quantitative estimate of drug-likeness (QED) is 0.0693. The minimum atomic E-state index is -4.51. The van der Waals surface area contributed by atoms with Crippen molar-refractivity contribution in [3.8, 4) is 0 Å². The van der Waals surface area contributed by atoms with E-state index in [2.05, 4.69) is 0 Å². The summed E-state index contributed by atoms with van der Waals surface area (Å²) >= 11 is 0. The number of allylic oxidation sites excluding steroid dienone is 7. The van der Waals surface area contributed by atoms with Crippen LogP contribution in [0.4, 0.5) is 11.4 Å². The molecule has 0 spiro atoms. The molecule has 4 N–H and O–H groups in total. The van der Waals surface area contributed by atoms with Crippen molar-refractivity contribution >= 4 is 88.9 Å². The average molecular weight is 1030 g/mol. The first-order valence-electron chi connectivity index (χ1n) is 21.7. The van der Waals surface area contributed by atoms with Gasteiger partial charge in [-0.1, -0.05) is 44.2 Å². The first kappa shape index (κ1) is 51.3. The third-order valence-electron chi connectivity index (χ3n) is 13.5. The summed E-state index contributed by atoms with van der Waals surface area (Å²) in [5.74, 6) is 0. The molecule has 0 bridgehead atoms. The fourth-order valence-electron chi connectivity index (χ4n) is 9.92. The second-order valence-corrected chi connectivity index (χ2v) is 27.3. The van der Waals surface area contributed by atoms with Gasteiger partial charge < -0.3 is 4.90 Å². The molecule has 0 aromatic heterocycles. The summed E-state index contributed by atoms with van der Waals surface area (Å²) < 4.78 is 166. The van der Waals surface area contributed by atoms with Crippen LogP contribution in [0.15, 0.2) is 117 Å². The van der Waals surface area contributed by atoms with Gasteiger partial charge in [-0.05, 0) is 134 Å². The molecule has 16 nitrogen and oxygen atoms in total. The lowest BCUT2D eigenvalue weighted by molar-refractivity contribution is -0.438. The molecule has 0 amide bonds. The molecular formula is C47H55N2O14S5+. The van der Waals surface area contributed by atoms with Crippen molar-refractivity contribution in [1.29, 1.82) is 0 Å². The maximum atomic E-state index is 13.9. The van der Waals surface area contributed by atoms with Gasteiger partial charge in [0.15, 0.2) is 22.1 Å². The summed E-state index contributed by atoms with van der Waals surface area (Å²) in [5.41, 5.74) is 3.70. The van der Waals surface area contributed by atoms with Crippen molar-refractivity contribution < 1.29 is 64.9 Å². The van der Waals surface area contributed by atoms with Gasteiger partial charge in [0.2, 0.25) is 5.69 Å². The van der Waals surface area contributed by atoms with Crippen LogP contribution >= 0.6 is 0 Å². The minimum Gasteiger partial charge on any atom is -0.344 e. The molecule has 3 aliphatic rings. The first-order chi connectivity index (χ1) is 31.2. The van der Waals surface area contributed by atoms with Gasteiger partial charge in [0.25, 0.3) is 40.5 Å². The highest BCUT2D eigenvalue weighted by Crippen LogP contribution is 2.52. The fourth-order valence-corrected chi connectivity index (χ4v) is 13.1. The van der Waals surface area contributed by atoms with E-state index < -0.39 is 71.6 Å². The van der Waals surface area contributed by atoms with E-state index >= 15 is 0 Å². The Kier molecular flexibility index (Phi) is 13.3. The molecule has 0 radical (unpaired) electrons. The van der Waals surface area contributed by atoms with Gasteiger partial charge in [-0.15, -0.1) is 0 Å². The zero-order chi connectivity index (χ0) is 50.3. The lowest BCUT2D eigenvalue weighted by atomic mass is 9.78. The number of sulfone groups is 1. The van der Waals surface area contributed by atoms with Crippen LogP contribution in [0.25, 0.3) is 21.5 Å². The van der Waals surface area contributed by atoms with E-state index in [4.69, 9.17) is 0 Å². The van der Waals surface area contributed by atoms with Crippen LogP contribution in [-0.2, 0) is 61.1 Å². The van der Waals surface area contributed by atoms with Gasteiger partial charge in [0, 0.05) is 53.7 Å². The number of hydrogen-bond donors (Lipinski definition) is 4. The van der Waals surface area contributed by atoms with E-state index in [9.17, 15) is 60.3 Å². The van der Waals surface area contributed by atoms with Gasteiger partial charge in [-0.3, -0.25) is 18.2 Å². The Balaban J connectivity index is 1.36. The van der Waals surface area contributed by atoms with Gasteiger partial charge in [0.05, 0.1) is 30.6 Å². The normalized spacial score (nSPS) is 20.0. The van der Waals surface area contributed by atoms with Crippen LogP contribution in [0.1, 0.15) is 84.8 Å². The molecule has 2 aliphatic heterocycles. The van der Waals surface area contributed by atoms with Crippen LogP contribution in [0.3, 0.4) is 0 Å². The van der Waals surface area contributed by atoms with E-state index in [-0.39, 0.29) is 40.6 Å². The number of anilines is 1. The summed E-state index contributed by atoms with van der Waals surface area (Å²) in [7, 11) is -21.7. The van der Waals surface area contributed by atoms with Crippen molar-refractivity contribution in [2.75, 3.05) is 24.2 Å². The molecule has 21 heteroatoms. The average Bonchev–Trinajstić information content (AvgIpc) is 3.58. The van der Waals surface area contributed by atoms with Crippen molar-refractivity contribution in [3.63, 3.8) is 0 Å². The molecule has 0 saturated carbocycles. The Hall–Kier alpha value is -4.58. The van der Waals surface area contributed by atoms with Crippen LogP contribution in [0.5, 0.6) is 0 Å². The van der Waals surface area contributed by atoms with Gasteiger partial charge in [-0.25, -0.2) is 8.42 Å². The van der Waals surface area contributed by atoms with Crippen molar-refractivity contribution in [2.24, 2.45) is 0 Å². The standard InChI is InChI=1S/C47H54N2O14S5/c1-29(65(52,53)54)23-25-48-39-19-11-33-27-35(67(58,59)60)15-17-37(33)43(39)46(3,4)41(48)21-13-31-9-8-10-32(45(31)64(7,50)51)14-22-42-47(5,6)44-38-18-16-36(68(61,62)63)28-34(38)12-20-40(44)49(42)26-24-30(2)66(55,56)57/h11-22,27-30H,8-10,23-26H2,1-7H3,(H3-,52,53,54,55,56,57,58,59,60,61,62,63)/p+1. The number of benzene rings is 4. The number of rotatable bonds is 14. The number of nitrogens with zero attached hydrogens (tertiary/aromatic N) is 2. The predicted molar refractivity (Wildman–Crippen MR) is 263 cm³/mol. The van der Waals surface area contributed by atoms with E-state index in [1.165, 1.54) is 38.1 Å². The van der Waals surface area contributed by atoms with Gasteiger partial charge in [-0.2, -0.15) is 38.2 Å². The summed E-state index contributed by atoms with van der Waals surface area (Å²) in [6.45, 7) is 10.8. The molecule has 0 fully saturated rings. The summed E-state index contributed by atoms with van der Waals surface area (Å²) in [4.78, 5) is 1.46. The maximum Gasteiger partial charge on any atom is 0.294 e. The van der Waals surface area contributed by atoms with Crippen molar-refractivity contribution in [1.82, 2.24) is 0 Å². The zero-order valence-corrected chi connectivity index (χ0v) is 42.6. The predicted octanol–water partition coefficient (Wildman–Crippen LogP) is 7.84. The molecule has 366 valence electrons. The monoisotopic (exact) mass is 1030 g/mol. The summed E-state index contributed by atoms with van der Waals surface area (Å²) in [5, 5.41) is 0.180. The molecule has 0 saturated heterocycles. The topological polar surface area (TPSA) is 258 Å². The largest absolute Gasteiger partial charge is 0.344 e. The maximum absolute atomic E-state index is 13.9. The smallest absolute Gasteiger partial charge is 0.294 e. The lowest BCUT2D eigenvalue weighted by Crippen LogP contribution is -2.30. The van der Waals surface area contributed by atoms with E-state index in [0.29, 0.717) is 74.7 Å². The Morgan fingerprint density at radius 2 is 1.21 bits per heavy atom. The number of hydrogen-bond acceptors (Lipinski definition) is 11. The molecule has 2 heterocycles. The van der Waals surface area contributed by atoms with Crippen LogP contribution in [-0.4, -0.2) is 100 Å². The lowest BCUT2D eigenvalue weighted by Gasteiger charge is -2.28. The van der Waals surface area contributed by atoms with Crippen LogP contribution in [0, 0.1) is 0 Å². The minimum absolute atomic E-state index is 0.0254. The Labute approximate surface area is 398 Å². The molecule has 2 atom stereocenters. The molecule has 7 rings (SSSR count). The number of fused-ring (bicyclic) bond motifs is 6. The second kappa shape index (κ2) is 17.7. The molecule has 68 heavy (non-hydrogen) atoms. The van der Waals surface area contributed by atoms with E-state index in [1.54, 1.807) is 48.6 Å². The van der Waals surface area contributed by atoms with Crippen molar-refractivity contribution in [3.05, 3.63) is 118 Å². The molecular weight excluding hydrogens is 977 g/mol. The van der Waals surface area contributed by atoms with Gasteiger partial charge >= 0.3 is 0 Å². The SMILES string of the molecule is CC(CCN1C(=CC=C2CCCC(C=CC3=[N+](CCC(C)S(=O)(=O)O)c4ccc5cc(S(=O)(=O)O)ccc5c4C3(C)C)=C2S(C)(=O)=O)C(C)(C)c2c1ccc1cc(S(=O)(=O)O)ccc21)S(=O)(=O)O. The second-order valence-electron chi connectivity index (χ2n) is 18.9. The highest BCUT2D eigenvalue weighted by Gasteiger charge is 2.46. The summed E-state index contributed by atoms with van der Waals surface area (Å²) in [6, 6.07) is 15.5. The Morgan fingerprint density at radius 3 is 1.75 bits per heavy atom. The highest BCUT2D eigenvalue weighted by atomic mass is 32.2. The molecule has 4 aromatic rings.